The van der Waals surface area contributed by atoms with E-state index < -0.39 is 5.82 Å². The van der Waals surface area contributed by atoms with Crippen molar-refractivity contribution < 1.29 is 9.18 Å². The van der Waals surface area contributed by atoms with E-state index in [0.717, 1.165) is 71.4 Å². The zero-order valence-electron chi connectivity index (χ0n) is 14.0. The molecule has 24 heavy (non-hydrogen) atoms. The van der Waals surface area contributed by atoms with Crippen molar-refractivity contribution in [2.24, 2.45) is 5.41 Å². The molecule has 130 valence electrons. The Labute approximate surface area is 141 Å². The van der Waals surface area contributed by atoms with Crippen LogP contribution < -0.4 is 4.90 Å². The fraction of sp³-hybridized carbons (Fsp3) is 0.706. The number of carbonyl (C=O) groups is 1. The van der Waals surface area contributed by atoms with Gasteiger partial charge in [-0.1, -0.05) is 0 Å². The Hall–Kier alpha value is -1.92. The third kappa shape index (κ3) is 2.91. The van der Waals surface area contributed by atoms with Crippen LogP contribution in [0.2, 0.25) is 0 Å². The Balaban J connectivity index is 1.43. The molecule has 1 aromatic rings. The molecule has 4 heterocycles. The summed E-state index contributed by atoms with van der Waals surface area (Å²) in [7, 11) is 0. The summed E-state index contributed by atoms with van der Waals surface area (Å²) in [5, 5.41) is 0. The van der Waals surface area contributed by atoms with Crippen molar-refractivity contribution >= 4 is 12.0 Å². The topological polar surface area (TPSA) is 52.6 Å². The molecular formula is C17H24FN5O. The minimum atomic E-state index is -0.409. The van der Waals surface area contributed by atoms with E-state index in [1.165, 1.54) is 12.4 Å². The van der Waals surface area contributed by atoms with Crippen LogP contribution in [0.1, 0.15) is 32.1 Å². The first-order valence-electron chi connectivity index (χ1n) is 8.92. The van der Waals surface area contributed by atoms with Gasteiger partial charge in [-0.25, -0.2) is 19.2 Å². The van der Waals surface area contributed by atoms with Crippen LogP contribution in [0.25, 0.3) is 0 Å². The predicted octanol–water partition coefficient (Wildman–Crippen LogP) is 2.12. The summed E-state index contributed by atoms with van der Waals surface area (Å²) in [6.07, 6.45) is 7.93. The maximum Gasteiger partial charge on any atom is 0.320 e. The van der Waals surface area contributed by atoms with Gasteiger partial charge in [0.05, 0.1) is 12.4 Å². The number of anilines is 1. The molecule has 0 bridgehead atoms. The second-order valence-electron chi connectivity index (χ2n) is 7.37. The van der Waals surface area contributed by atoms with Gasteiger partial charge in [-0.15, -0.1) is 0 Å². The molecule has 1 atom stereocenters. The van der Waals surface area contributed by atoms with Gasteiger partial charge in [-0.3, -0.25) is 0 Å². The predicted molar refractivity (Wildman–Crippen MR) is 88.3 cm³/mol. The zero-order valence-corrected chi connectivity index (χ0v) is 14.0. The van der Waals surface area contributed by atoms with Crippen molar-refractivity contribution in [3.05, 3.63) is 18.2 Å². The highest BCUT2D eigenvalue weighted by molar-refractivity contribution is 5.75. The van der Waals surface area contributed by atoms with Crippen molar-refractivity contribution in [3.63, 3.8) is 0 Å². The van der Waals surface area contributed by atoms with Crippen LogP contribution >= 0.6 is 0 Å². The minimum absolute atomic E-state index is 0.130. The molecule has 3 saturated heterocycles. The van der Waals surface area contributed by atoms with E-state index in [-0.39, 0.29) is 11.4 Å². The van der Waals surface area contributed by atoms with Crippen LogP contribution in [0.3, 0.4) is 0 Å². The monoisotopic (exact) mass is 333 g/mol. The van der Waals surface area contributed by atoms with Crippen molar-refractivity contribution in [1.82, 2.24) is 19.8 Å². The van der Waals surface area contributed by atoms with Gasteiger partial charge in [0, 0.05) is 44.7 Å². The van der Waals surface area contributed by atoms with E-state index in [4.69, 9.17) is 0 Å². The van der Waals surface area contributed by atoms with E-state index in [1.54, 1.807) is 0 Å². The number of hydrogen-bond donors (Lipinski definition) is 0. The van der Waals surface area contributed by atoms with Crippen molar-refractivity contribution in [3.8, 4) is 0 Å². The molecule has 3 aliphatic rings. The largest absolute Gasteiger partial charge is 0.340 e. The van der Waals surface area contributed by atoms with Gasteiger partial charge in [0.2, 0.25) is 5.95 Å². The third-order valence-corrected chi connectivity index (χ3v) is 5.64. The number of carbonyl (C=O) groups excluding carboxylic acids is 1. The highest BCUT2D eigenvalue weighted by Crippen LogP contribution is 2.40. The fourth-order valence-electron chi connectivity index (χ4n) is 4.39. The van der Waals surface area contributed by atoms with E-state index in [9.17, 15) is 9.18 Å². The maximum atomic E-state index is 13.0. The number of piperidine rings is 1. The van der Waals surface area contributed by atoms with E-state index in [1.807, 2.05) is 9.80 Å². The van der Waals surface area contributed by atoms with E-state index in [0.29, 0.717) is 5.95 Å². The molecule has 0 N–H and O–H groups in total. The van der Waals surface area contributed by atoms with Gasteiger partial charge < -0.3 is 14.7 Å². The molecule has 2 amide bonds. The third-order valence-electron chi connectivity index (χ3n) is 5.64. The lowest BCUT2D eigenvalue weighted by molar-refractivity contribution is 0.161. The molecule has 0 aliphatic carbocycles. The second-order valence-corrected chi connectivity index (χ2v) is 7.37. The standard InChI is InChI=1S/C17H24FN5O/c18-14-10-19-15(20-11-14)22-8-3-4-17(12-22)5-9-23(13-17)16(24)21-6-1-2-7-21/h10-11H,1-9,12-13H2. The van der Waals surface area contributed by atoms with Crippen LogP contribution in [0, 0.1) is 11.2 Å². The lowest BCUT2D eigenvalue weighted by atomic mass is 9.79. The van der Waals surface area contributed by atoms with Crippen LogP contribution in [0.5, 0.6) is 0 Å². The molecule has 1 unspecified atom stereocenters. The van der Waals surface area contributed by atoms with E-state index >= 15 is 0 Å². The molecule has 7 heteroatoms. The smallest absolute Gasteiger partial charge is 0.320 e. The number of amides is 2. The Morgan fingerprint density at radius 1 is 0.958 bits per heavy atom. The van der Waals surface area contributed by atoms with Gasteiger partial charge >= 0.3 is 6.03 Å². The number of urea groups is 1. The summed E-state index contributed by atoms with van der Waals surface area (Å²) in [6.45, 7) is 5.21. The Bertz CT molecular complexity index is 604. The number of halogens is 1. The molecular weight excluding hydrogens is 309 g/mol. The quantitative estimate of drug-likeness (QED) is 0.790. The maximum absolute atomic E-state index is 13.0. The Morgan fingerprint density at radius 3 is 2.46 bits per heavy atom. The van der Waals surface area contributed by atoms with Gasteiger partial charge in [-0.2, -0.15) is 0 Å². The summed E-state index contributed by atoms with van der Waals surface area (Å²) in [4.78, 5) is 27.0. The lowest BCUT2D eigenvalue weighted by Crippen LogP contribution is -2.47. The number of likely N-dealkylation sites (tertiary alicyclic amines) is 2. The highest BCUT2D eigenvalue weighted by Gasteiger charge is 2.44. The molecule has 1 aromatic heterocycles. The minimum Gasteiger partial charge on any atom is -0.340 e. The molecule has 3 fully saturated rings. The van der Waals surface area contributed by atoms with Gasteiger partial charge in [0.25, 0.3) is 0 Å². The number of rotatable bonds is 1. The molecule has 3 aliphatic heterocycles. The van der Waals surface area contributed by atoms with Gasteiger partial charge in [-0.05, 0) is 32.1 Å². The second kappa shape index (κ2) is 6.18. The van der Waals surface area contributed by atoms with Crippen LogP contribution in [-0.2, 0) is 0 Å². The molecule has 0 saturated carbocycles. The zero-order chi connectivity index (χ0) is 16.6. The average molecular weight is 333 g/mol. The number of nitrogens with zero attached hydrogens (tertiary/aromatic N) is 5. The molecule has 4 rings (SSSR count). The lowest BCUT2D eigenvalue weighted by Gasteiger charge is -2.40. The van der Waals surface area contributed by atoms with Crippen LogP contribution in [0.15, 0.2) is 12.4 Å². The van der Waals surface area contributed by atoms with Crippen molar-refractivity contribution in [2.75, 3.05) is 44.2 Å². The first-order chi connectivity index (χ1) is 11.7. The fourth-order valence-corrected chi connectivity index (χ4v) is 4.39. The van der Waals surface area contributed by atoms with Crippen LogP contribution in [-0.4, -0.2) is 65.1 Å². The number of hydrogen-bond acceptors (Lipinski definition) is 4. The van der Waals surface area contributed by atoms with Gasteiger partial charge in [0.15, 0.2) is 5.82 Å². The van der Waals surface area contributed by atoms with E-state index in [2.05, 4.69) is 14.9 Å². The summed E-state index contributed by atoms with van der Waals surface area (Å²) < 4.78 is 13.0. The summed E-state index contributed by atoms with van der Waals surface area (Å²) in [6, 6.07) is 0.208. The summed E-state index contributed by atoms with van der Waals surface area (Å²) >= 11 is 0. The molecule has 6 nitrogen and oxygen atoms in total. The average Bonchev–Trinajstić information content (AvgIpc) is 3.26. The normalized spacial score (nSPS) is 27.3. The Kier molecular flexibility index (Phi) is 4.02. The molecule has 0 radical (unpaired) electrons. The number of aromatic nitrogens is 2. The summed E-state index contributed by atoms with van der Waals surface area (Å²) in [5.41, 5.74) is 0.130. The molecule has 1 spiro atoms. The first-order valence-corrected chi connectivity index (χ1v) is 8.92. The Morgan fingerprint density at radius 2 is 1.71 bits per heavy atom. The van der Waals surface area contributed by atoms with Crippen molar-refractivity contribution in [1.29, 1.82) is 0 Å². The van der Waals surface area contributed by atoms with Gasteiger partial charge in [0.1, 0.15) is 0 Å². The summed E-state index contributed by atoms with van der Waals surface area (Å²) in [5.74, 6) is 0.188. The highest BCUT2D eigenvalue weighted by atomic mass is 19.1. The SMILES string of the molecule is O=C(N1CCCC1)N1CCC2(CCCN(c3ncc(F)cn3)C2)C1. The first kappa shape index (κ1) is 15.6. The van der Waals surface area contributed by atoms with Crippen LogP contribution in [0.4, 0.5) is 15.1 Å². The van der Waals surface area contributed by atoms with Crippen molar-refractivity contribution in [2.45, 2.75) is 32.1 Å². The molecule has 0 aromatic carbocycles.